The Labute approximate surface area is 288 Å². The van der Waals surface area contributed by atoms with Gasteiger partial charge in [-0.2, -0.15) is 0 Å². The van der Waals surface area contributed by atoms with Gasteiger partial charge in [-0.1, -0.05) is 0 Å². The molecule has 0 saturated heterocycles. The van der Waals surface area contributed by atoms with Crippen LogP contribution in [0.4, 0.5) is 5.69 Å². The lowest BCUT2D eigenvalue weighted by atomic mass is 9.52. The van der Waals surface area contributed by atoms with Crippen LogP contribution >= 0.6 is 0 Å². The van der Waals surface area contributed by atoms with E-state index < -0.39 is 64.4 Å². The second-order valence-corrected chi connectivity index (χ2v) is 13.4. The van der Waals surface area contributed by atoms with Crippen LogP contribution in [-0.2, 0) is 25.6 Å². The van der Waals surface area contributed by atoms with Gasteiger partial charge in [0.15, 0.2) is 51.7 Å². The van der Waals surface area contributed by atoms with Crippen molar-refractivity contribution in [3.8, 4) is 28.7 Å². The molecule has 1 heterocycles. The van der Waals surface area contributed by atoms with E-state index in [4.69, 9.17) is 29.3 Å². The monoisotopic (exact) mass is 690 g/mol. The van der Waals surface area contributed by atoms with Gasteiger partial charge in [-0.15, -0.1) is 0 Å². The highest BCUT2D eigenvalue weighted by Gasteiger charge is 2.69. The SMILES string of the molecule is CCOc1cc(OCC)c(-c2nc3cc(N(C)C)c4c(c3o2)C(=O)C2C(=O)[C@]3(O)C(=O)C(C(N)=O)C(=O)[C@@H](N(C)C)[C@@H]3C[C@@H]2C4)cc1OCC. The van der Waals surface area contributed by atoms with E-state index in [2.05, 4.69) is 0 Å². The first-order valence-electron chi connectivity index (χ1n) is 16.8. The molecule has 6 atom stereocenters. The normalized spacial score (nSPS) is 26.1. The molecule has 0 radical (unpaired) electrons. The van der Waals surface area contributed by atoms with Gasteiger partial charge in [0.25, 0.3) is 0 Å². The Hall–Kier alpha value is -4.82. The number of aromatic nitrogens is 1. The fourth-order valence-corrected chi connectivity index (χ4v) is 8.07. The summed E-state index contributed by atoms with van der Waals surface area (Å²) in [5, 5.41) is 12.0. The molecule has 14 nitrogen and oxygen atoms in total. The van der Waals surface area contributed by atoms with Crippen LogP contribution in [0.5, 0.6) is 17.2 Å². The first-order chi connectivity index (χ1) is 23.7. The number of primary amides is 1. The Morgan fingerprint density at radius 1 is 0.960 bits per heavy atom. The molecule has 1 amide bonds. The van der Waals surface area contributed by atoms with Crippen molar-refractivity contribution >= 4 is 45.8 Å². The van der Waals surface area contributed by atoms with Crippen molar-refractivity contribution in [1.82, 2.24) is 9.88 Å². The van der Waals surface area contributed by atoms with Gasteiger partial charge < -0.3 is 34.4 Å². The smallest absolute Gasteiger partial charge is 0.235 e. The van der Waals surface area contributed by atoms with E-state index in [1.165, 1.54) is 4.90 Å². The lowest BCUT2D eigenvalue weighted by Gasteiger charge is -2.52. The fourth-order valence-electron chi connectivity index (χ4n) is 8.07. The van der Waals surface area contributed by atoms with Crippen LogP contribution in [-0.4, -0.2) is 104 Å². The average molecular weight is 691 g/mol. The van der Waals surface area contributed by atoms with E-state index in [9.17, 15) is 29.1 Å². The fraction of sp³-hybridized carbons (Fsp3) is 0.500. The molecule has 14 heteroatoms. The number of ketones is 4. The summed E-state index contributed by atoms with van der Waals surface area (Å²) in [7, 11) is 6.77. The molecule has 3 aromatic rings. The summed E-state index contributed by atoms with van der Waals surface area (Å²) in [6.45, 7) is 6.63. The molecule has 0 bridgehead atoms. The Morgan fingerprint density at radius 2 is 1.58 bits per heavy atom. The van der Waals surface area contributed by atoms with E-state index >= 15 is 0 Å². The molecule has 266 valence electrons. The molecular formula is C36H42N4O10. The summed E-state index contributed by atoms with van der Waals surface area (Å²) < 4.78 is 24.0. The molecule has 2 saturated carbocycles. The maximum Gasteiger partial charge on any atom is 0.235 e. The largest absolute Gasteiger partial charge is 0.493 e. The summed E-state index contributed by atoms with van der Waals surface area (Å²) >= 11 is 0. The van der Waals surface area contributed by atoms with Crippen molar-refractivity contribution in [2.75, 3.05) is 52.9 Å². The van der Waals surface area contributed by atoms with Crippen molar-refractivity contribution in [2.45, 2.75) is 45.3 Å². The number of rotatable bonds is 10. The minimum absolute atomic E-state index is 0.000553. The number of nitrogens with zero attached hydrogens (tertiary/aromatic N) is 3. The highest BCUT2D eigenvalue weighted by Crippen LogP contribution is 2.52. The van der Waals surface area contributed by atoms with Crippen molar-refractivity contribution in [1.29, 1.82) is 0 Å². The minimum Gasteiger partial charge on any atom is -0.493 e. The number of nitrogens with two attached hydrogens (primary N) is 1. The first-order valence-corrected chi connectivity index (χ1v) is 16.8. The molecule has 3 aliphatic rings. The molecule has 0 spiro atoms. The van der Waals surface area contributed by atoms with Crippen LogP contribution in [0.2, 0.25) is 0 Å². The second-order valence-electron chi connectivity index (χ2n) is 13.4. The highest BCUT2D eigenvalue weighted by molar-refractivity contribution is 6.32. The topological polar surface area (TPSA) is 192 Å². The molecule has 50 heavy (non-hydrogen) atoms. The standard InChI is InChI=1S/C36H42N4O10/c1-8-47-22-15-24(49-10-3)23(48-9-2)13-18(22)35-38-20-14-21(39(4)5)17-11-16-12-19-28(40(6)7)30(42)27(34(37)45)33(44)36(19,46)32(43)25(16)29(41)26(17)31(20)50-35/h13-16,19,25,27-28,46H,8-12H2,1-7H3,(H2,37,45)/t16-,19-,25?,27?,28-,36-/m0/s1. The number of hydrogen-bond donors (Lipinski definition) is 2. The number of anilines is 1. The molecule has 6 rings (SSSR count). The van der Waals surface area contributed by atoms with Gasteiger partial charge in [-0.3, -0.25) is 28.9 Å². The van der Waals surface area contributed by atoms with E-state index in [1.807, 2.05) is 45.8 Å². The first kappa shape index (κ1) is 35.0. The van der Waals surface area contributed by atoms with E-state index in [0.717, 1.165) is 0 Å². The van der Waals surface area contributed by atoms with E-state index in [-0.39, 0.29) is 29.9 Å². The molecule has 2 aromatic carbocycles. The van der Waals surface area contributed by atoms with Crippen LogP contribution in [0.3, 0.4) is 0 Å². The Kier molecular flexibility index (Phi) is 8.97. The predicted octanol–water partition coefficient (Wildman–Crippen LogP) is 2.23. The summed E-state index contributed by atoms with van der Waals surface area (Å²) in [6.07, 6.45) is 0.216. The van der Waals surface area contributed by atoms with E-state index in [1.54, 1.807) is 26.2 Å². The number of amides is 1. The number of carbonyl (C=O) groups excluding carboxylic acids is 5. The maximum absolute atomic E-state index is 14.7. The van der Waals surface area contributed by atoms with Gasteiger partial charge in [0.1, 0.15) is 11.3 Å². The number of oxazole rings is 1. The lowest BCUT2D eigenvalue weighted by molar-refractivity contribution is -0.181. The number of aliphatic hydroxyl groups is 1. The summed E-state index contributed by atoms with van der Waals surface area (Å²) in [4.78, 5) is 76.6. The lowest BCUT2D eigenvalue weighted by Crippen LogP contribution is -2.74. The summed E-state index contributed by atoms with van der Waals surface area (Å²) in [5.74, 6) is -8.81. The van der Waals surface area contributed by atoms with Gasteiger partial charge in [-0.25, -0.2) is 4.98 Å². The van der Waals surface area contributed by atoms with Gasteiger partial charge >= 0.3 is 0 Å². The highest BCUT2D eigenvalue weighted by atomic mass is 16.5. The number of carbonyl (C=O) groups is 5. The molecule has 2 fully saturated rings. The van der Waals surface area contributed by atoms with Crippen LogP contribution < -0.4 is 24.8 Å². The molecule has 3 N–H and O–H groups in total. The Bertz CT molecular complexity index is 1930. The summed E-state index contributed by atoms with van der Waals surface area (Å²) in [6, 6.07) is 4.05. The zero-order chi connectivity index (χ0) is 36.4. The zero-order valence-corrected chi connectivity index (χ0v) is 29.2. The number of hydrogen-bond acceptors (Lipinski definition) is 13. The number of Topliss-reactive ketones (excluding diaryl/α,β-unsaturated/α-hetero) is 4. The third kappa shape index (κ3) is 5.15. The van der Waals surface area contributed by atoms with Crippen LogP contribution in [0.15, 0.2) is 22.6 Å². The van der Waals surface area contributed by atoms with Crippen LogP contribution in [0, 0.1) is 23.7 Å². The van der Waals surface area contributed by atoms with Crippen molar-refractivity contribution in [3.63, 3.8) is 0 Å². The van der Waals surface area contributed by atoms with Crippen molar-refractivity contribution in [2.24, 2.45) is 29.4 Å². The molecule has 3 aliphatic carbocycles. The number of ether oxygens (including phenoxy) is 3. The number of likely N-dealkylation sites (N-methyl/N-ethyl adjacent to an activating group) is 1. The second kappa shape index (κ2) is 12.8. The number of benzene rings is 2. The van der Waals surface area contributed by atoms with Gasteiger partial charge in [-0.05, 0) is 65.3 Å². The minimum atomic E-state index is -2.77. The van der Waals surface area contributed by atoms with Crippen molar-refractivity contribution < 1.29 is 47.7 Å². The Morgan fingerprint density at radius 3 is 2.16 bits per heavy atom. The quantitative estimate of drug-likeness (QED) is 0.295. The molecule has 0 aliphatic heterocycles. The van der Waals surface area contributed by atoms with Crippen LogP contribution in [0.1, 0.15) is 43.1 Å². The molecule has 1 aromatic heterocycles. The average Bonchev–Trinajstić information content (AvgIpc) is 3.47. The van der Waals surface area contributed by atoms with E-state index in [0.29, 0.717) is 59.4 Å². The predicted molar refractivity (Wildman–Crippen MR) is 181 cm³/mol. The maximum atomic E-state index is 14.7. The number of fused-ring (bicyclic) bond motifs is 5. The van der Waals surface area contributed by atoms with Gasteiger partial charge in [0.2, 0.25) is 11.8 Å². The zero-order valence-electron chi connectivity index (χ0n) is 29.2. The molecular weight excluding hydrogens is 648 g/mol. The summed E-state index contributed by atoms with van der Waals surface area (Å²) in [5.41, 5.74) is 5.01. The van der Waals surface area contributed by atoms with Crippen LogP contribution in [0.25, 0.3) is 22.6 Å². The molecule has 2 unspecified atom stereocenters. The third-order valence-electron chi connectivity index (χ3n) is 10.1. The van der Waals surface area contributed by atoms with Crippen molar-refractivity contribution in [3.05, 3.63) is 29.3 Å². The third-order valence-corrected chi connectivity index (χ3v) is 10.1. The van der Waals surface area contributed by atoms with Gasteiger partial charge in [0, 0.05) is 37.8 Å². The van der Waals surface area contributed by atoms with Gasteiger partial charge in [0.05, 0.1) is 42.9 Å². The Balaban J connectivity index is 1.53.